The lowest BCUT2D eigenvalue weighted by molar-refractivity contribution is -0.128. The van der Waals surface area contributed by atoms with Gasteiger partial charge in [0.15, 0.2) is 5.82 Å². The molecule has 0 radical (unpaired) electrons. The molecule has 4 atom stereocenters. The third-order valence-electron chi connectivity index (χ3n) is 9.61. The van der Waals surface area contributed by atoms with E-state index in [1.807, 2.05) is 4.90 Å². The van der Waals surface area contributed by atoms with Crippen LogP contribution in [0.1, 0.15) is 42.7 Å². The van der Waals surface area contributed by atoms with Gasteiger partial charge in [-0.1, -0.05) is 6.58 Å². The van der Waals surface area contributed by atoms with Crippen molar-refractivity contribution in [2.75, 3.05) is 44.7 Å². The van der Waals surface area contributed by atoms with E-state index in [0.29, 0.717) is 54.5 Å². The van der Waals surface area contributed by atoms with Gasteiger partial charge in [0.2, 0.25) is 5.91 Å². The summed E-state index contributed by atoms with van der Waals surface area (Å²) in [5.41, 5.74) is 2.35. The Morgan fingerprint density at radius 3 is 2.86 bits per heavy atom. The van der Waals surface area contributed by atoms with Crippen LogP contribution in [0.25, 0.3) is 22.2 Å². The molecule has 0 N–H and O–H groups in total. The molecule has 1 saturated carbocycles. The number of ether oxygens (including phenoxy) is 1. The normalized spacial score (nSPS) is 24.5. The second-order valence-electron chi connectivity index (χ2n) is 12.1. The van der Waals surface area contributed by atoms with E-state index in [-0.39, 0.29) is 47.3 Å². The van der Waals surface area contributed by atoms with Crippen molar-refractivity contribution in [3.63, 3.8) is 0 Å². The molecule has 1 aromatic carbocycles. The lowest BCUT2D eigenvalue weighted by Gasteiger charge is -2.41. The summed E-state index contributed by atoms with van der Waals surface area (Å²) in [6.45, 7) is 6.03. The highest BCUT2D eigenvalue weighted by atomic mass is 19.1. The van der Waals surface area contributed by atoms with E-state index in [2.05, 4.69) is 34.6 Å². The van der Waals surface area contributed by atoms with Gasteiger partial charge >= 0.3 is 6.01 Å². The molecule has 4 heterocycles. The number of amides is 1. The maximum Gasteiger partial charge on any atom is 0.319 e. The van der Waals surface area contributed by atoms with Gasteiger partial charge in [-0.05, 0) is 80.4 Å². The molecule has 7 rings (SSSR count). The predicted molar refractivity (Wildman–Crippen MR) is 157 cm³/mol. The Morgan fingerprint density at radius 2 is 2.09 bits per heavy atom. The SMILES string of the molecule is C=CC(=O)N1CCN(c2nc(OC[C@@H]3CCCN3C)nc3c(F)c(-c4ccc(F)c5c4C[C@H]4C[C@@H]54)ncc23)C[C@@H]1CC#N. The summed E-state index contributed by atoms with van der Waals surface area (Å²) in [4.78, 5) is 32.1. The third-order valence-corrected chi connectivity index (χ3v) is 9.61. The molecule has 9 nitrogen and oxygen atoms in total. The molecule has 2 aliphatic heterocycles. The summed E-state index contributed by atoms with van der Waals surface area (Å²) in [6.07, 6.45) is 6.73. The number of nitriles is 1. The number of carbonyl (C=O) groups is 1. The van der Waals surface area contributed by atoms with E-state index in [0.717, 1.165) is 37.8 Å². The number of rotatable bonds is 7. The number of carbonyl (C=O) groups excluding carboxylic acids is 1. The number of nitrogens with zero attached hydrogens (tertiary/aromatic N) is 7. The Hall–Kier alpha value is -4.17. The first kappa shape index (κ1) is 27.7. The Morgan fingerprint density at radius 1 is 1.23 bits per heavy atom. The number of piperazine rings is 1. The van der Waals surface area contributed by atoms with Crippen LogP contribution in [0, 0.1) is 28.9 Å². The first-order valence-corrected chi connectivity index (χ1v) is 14.9. The minimum absolute atomic E-state index is 0.0610. The van der Waals surface area contributed by atoms with Crippen LogP contribution in [-0.2, 0) is 11.2 Å². The van der Waals surface area contributed by atoms with E-state index < -0.39 is 11.9 Å². The molecular weight excluding hydrogens is 552 g/mol. The summed E-state index contributed by atoms with van der Waals surface area (Å²) < 4.78 is 37.4. The van der Waals surface area contributed by atoms with Crippen molar-refractivity contribution in [3.8, 4) is 23.3 Å². The molecular formula is C32H33F2N7O2. The third kappa shape index (κ3) is 4.78. The monoisotopic (exact) mass is 585 g/mol. The van der Waals surface area contributed by atoms with Gasteiger partial charge in [-0.3, -0.25) is 9.78 Å². The maximum absolute atomic E-state index is 16.5. The van der Waals surface area contributed by atoms with Crippen molar-refractivity contribution >= 4 is 22.6 Å². The molecule has 0 unspecified atom stereocenters. The number of benzene rings is 1. The van der Waals surface area contributed by atoms with Crippen molar-refractivity contribution in [3.05, 3.63) is 53.7 Å². The van der Waals surface area contributed by atoms with Crippen LogP contribution in [0.15, 0.2) is 31.0 Å². The summed E-state index contributed by atoms with van der Waals surface area (Å²) in [6, 6.07) is 5.08. The van der Waals surface area contributed by atoms with Crippen LogP contribution in [0.5, 0.6) is 6.01 Å². The summed E-state index contributed by atoms with van der Waals surface area (Å²) in [5.74, 6) is 0.00498. The minimum atomic E-state index is -0.604. The zero-order chi connectivity index (χ0) is 29.8. The number of likely N-dealkylation sites (N-methyl/N-ethyl adjacent to an activating group) is 1. The van der Waals surface area contributed by atoms with E-state index in [9.17, 15) is 14.4 Å². The standard InChI is InChI=1S/C32H33F2N7O2/c1-3-26(42)41-12-11-40(16-19(41)8-9-35)31-24-15-36-29(21-6-7-25(33)27-22-13-18(22)14-23(21)27)28(34)30(24)37-32(38-31)43-17-20-5-4-10-39(20)2/h3,6-7,15,18-20,22H,1,4-5,8,10-14,16-17H2,2H3/t18-,19+,20+,22-/m1/s1. The first-order chi connectivity index (χ1) is 20.9. The Labute approximate surface area is 248 Å². The van der Waals surface area contributed by atoms with E-state index in [1.54, 1.807) is 17.2 Å². The first-order valence-electron chi connectivity index (χ1n) is 14.9. The number of anilines is 1. The quantitative estimate of drug-likeness (QED) is 0.380. The molecule has 2 aliphatic carbocycles. The molecule has 3 fully saturated rings. The molecule has 11 heteroatoms. The van der Waals surface area contributed by atoms with E-state index in [4.69, 9.17) is 9.72 Å². The number of hydrogen-bond acceptors (Lipinski definition) is 8. The zero-order valence-electron chi connectivity index (χ0n) is 24.1. The fourth-order valence-electron chi connectivity index (χ4n) is 7.18. The minimum Gasteiger partial charge on any atom is -0.462 e. The van der Waals surface area contributed by atoms with Gasteiger partial charge in [0.05, 0.1) is 23.9 Å². The Bertz CT molecular complexity index is 1670. The van der Waals surface area contributed by atoms with Gasteiger partial charge in [0, 0.05) is 37.4 Å². The lowest BCUT2D eigenvalue weighted by atomic mass is 9.96. The van der Waals surface area contributed by atoms with Crippen LogP contribution in [0.4, 0.5) is 14.6 Å². The molecule has 1 amide bonds. The van der Waals surface area contributed by atoms with Crippen molar-refractivity contribution in [1.82, 2.24) is 24.8 Å². The van der Waals surface area contributed by atoms with Gasteiger partial charge in [-0.15, -0.1) is 0 Å². The summed E-state index contributed by atoms with van der Waals surface area (Å²) in [5, 5.41) is 9.88. The van der Waals surface area contributed by atoms with Gasteiger partial charge in [0.25, 0.3) is 0 Å². The number of likely N-dealkylation sites (tertiary alicyclic amines) is 1. The fourth-order valence-corrected chi connectivity index (χ4v) is 7.18. The smallest absolute Gasteiger partial charge is 0.319 e. The molecule has 2 aromatic heterocycles. The number of aromatic nitrogens is 3. The molecule has 0 spiro atoms. The largest absolute Gasteiger partial charge is 0.462 e. The van der Waals surface area contributed by atoms with Gasteiger partial charge < -0.3 is 19.4 Å². The summed E-state index contributed by atoms with van der Waals surface area (Å²) in [7, 11) is 2.05. The van der Waals surface area contributed by atoms with Crippen LogP contribution >= 0.6 is 0 Å². The predicted octanol–water partition coefficient (Wildman–Crippen LogP) is 4.22. The highest BCUT2D eigenvalue weighted by molar-refractivity contribution is 5.93. The Kier molecular flexibility index (Phi) is 6.96. The average Bonchev–Trinajstić information content (AvgIpc) is 3.47. The number of fused-ring (bicyclic) bond motifs is 4. The Balaban J connectivity index is 1.30. The average molecular weight is 586 g/mol. The number of halogens is 2. The fraction of sp³-hybridized carbons (Fsp3) is 0.469. The molecule has 43 heavy (non-hydrogen) atoms. The number of hydrogen-bond donors (Lipinski definition) is 0. The molecule has 2 saturated heterocycles. The molecule has 0 bridgehead atoms. The second-order valence-corrected chi connectivity index (χ2v) is 12.1. The van der Waals surface area contributed by atoms with Gasteiger partial charge in [-0.25, -0.2) is 8.78 Å². The highest BCUT2D eigenvalue weighted by Gasteiger charge is 2.48. The topological polar surface area (TPSA) is 98.5 Å². The van der Waals surface area contributed by atoms with Crippen molar-refractivity contribution in [2.45, 2.75) is 50.1 Å². The summed E-state index contributed by atoms with van der Waals surface area (Å²) >= 11 is 0. The van der Waals surface area contributed by atoms with E-state index in [1.165, 1.54) is 12.1 Å². The van der Waals surface area contributed by atoms with Crippen molar-refractivity contribution in [2.24, 2.45) is 5.92 Å². The van der Waals surface area contributed by atoms with Crippen molar-refractivity contribution in [1.29, 1.82) is 5.26 Å². The van der Waals surface area contributed by atoms with Gasteiger partial charge in [0.1, 0.15) is 29.5 Å². The number of pyridine rings is 1. The maximum atomic E-state index is 16.5. The van der Waals surface area contributed by atoms with Crippen LogP contribution in [0.2, 0.25) is 0 Å². The molecule has 4 aliphatic rings. The second kappa shape index (κ2) is 10.8. The van der Waals surface area contributed by atoms with Gasteiger partial charge in [-0.2, -0.15) is 15.2 Å². The zero-order valence-corrected chi connectivity index (χ0v) is 24.1. The van der Waals surface area contributed by atoms with E-state index >= 15 is 4.39 Å². The van der Waals surface area contributed by atoms with Crippen LogP contribution < -0.4 is 9.64 Å². The molecule has 222 valence electrons. The van der Waals surface area contributed by atoms with Crippen molar-refractivity contribution < 1.29 is 18.3 Å². The lowest BCUT2D eigenvalue weighted by Crippen LogP contribution is -2.55. The van der Waals surface area contributed by atoms with Crippen LogP contribution in [0.3, 0.4) is 0 Å². The molecule has 3 aromatic rings. The van der Waals surface area contributed by atoms with Crippen LogP contribution in [-0.4, -0.2) is 82.6 Å². The highest BCUT2D eigenvalue weighted by Crippen LogP contribution is 2.58.